The molecule has 3 rings (SSSR count). The maximum Gasteiger partial charge on any atom is 0.141 e. The summed E-state index contributed by atoms with van der Waals surface area (Å²) < 4.78 is 14.9. The Kier molecular flexibility index (Phi) is 3.62. The summed E-state index contributed by atoms with van der Waals surface area (Å²) in [6.07, 6.45) is 3.72. The van der Waals surface area contributed by atoms with E-state index in [0.29, 0.717) is 6.54 Å². The Labute approximate surface area is 126 Å². The quantitative estimate of drug-likeness (QED) is 0.744. The summed E-state index contributed by atoms with van der Waals surface area (Å²) in [5.41, 5.74) is 9.35. The van der Waals surface area contributed by atoms with Gasteiger partial charge in [0.25, 0.3) is 0 Å². The number of nitrogen functional groups attached to an aromatic ring is 1. The van der Waals surface area contributed by atoms with E-state index in [9.17, 15) is 4.39 Å². The van der Waals surface area contributed by atoms with E-state index in [1.165, 1.54) is 6.07 Å². The van der Waals surface area contributed by atoms with E-state index < -0.39 is 5.82 Å². The van der Waals surface area contributed by atoms with Gasteiger partial charge in [-0.1, -0.05) is 29.8 Å². The molecule has 0 aliphatic carbocycles. The highest BCUT2D eigenvalue weighted by Crippen LogP contribution is 2.21. The van der Waals surface area contributed by atoms with Crippen molar-refractivity contribution < 1.29 is 4.39 Å². The molecule has 0 fully saturated rings. The highest BCUT2D eigenvalue weighted by atomic mass is 35.5. The molecule has 21 heavy (non-hydrogen) atoms. The van der Waals surface area contributed by atoms with Crippen molar-refractivity contribution in [1.29, 1.82) is 0 Å². The Morgan fingerprint density at radius 1 is 1.10 bits per heavy atom. The average Bonchev–Trinajstić information content (AvgIpc) is 2.92. The van der Waals surface area contributed by atoms with Gasteiger partial charge in [-0.3, -0.25) is 4.68 Å². The van der Waals surface area contributed by atoms with Crippen LogP contribution in [0, 0.1) is 5.82 Å². The van der Waals surface area contributed by atoms with Crippen molar-refractivity contribution in [2.24, 2.45) is 0 Å². The molecule has 0 aliphatic rings. The van der Waals surface area contributed by atoms with E-state index in [1.807, 2.05) is 30.5 Å². The van der Waals surface area contributed by atoms with Crippen molar-refractivity contribution in [2.45, 2.75) is 6.54 Å². The van der Waals surface area contributed by atoms with Crippen LogP contribution < -0.4 is 5.73 Å². The molecular weight excluding hydrogens is 289 g/mol. The molecule has 0 saturated heterocycles. The van der Waals surface area contributed by atoms with Crippen LogP contribution in [0.2, 0.25) is 5.02 Å². The molecule has 3 nitrogen and oxygen atoms in total. The predicted octanol–water partition coefficient (Wildman–Crippen LogP) is 3.97. The van der Waals surface area contributed by atoms with E-state index in [2.05, 4.69) is 5.10 Å². The zero-order chi connectivity index (χ0) is 14.8. The molecule has 0 saturated carbocycles. The van der Waals surface area contributed by atoms with Gasteiger partial charge in [-0.25, -0.2) is 4.39 Å². The van der Waals surface area contributed by atoms with E-state index >= 15 is 0 Å². The van der Waals surface area contributed by atoms with E-state index in [-0.39, 0.29) is 5.02 Å². The number of nitrogens with zero attached hydrogens (tertiary/aromatic N) is 2. The zero-order valence-corrected chi connectivity index (χ0v) is 11.9. The Morgan fingerprint density at radius 3 is 2.57 bits per heavy atom. The predicted molar refractivity (Wildman–Crippen MR) is 82.6 cm³/mol. The van der Waals surface area contributed by atoms with E-state index in [0.717, 1.165) is 22.4 Å². The number of halogens is 2. The van der Waals surface area contributed by atoms with Crippen molar-refractivity contribution in [2.75, 3.05) is 5.73 Å². The third-order valence-corrected chi connectivity index (χ3v) is 3.50. The number of benzene rings is 2. The maximum atomic E-state index is 13.1. The van der Waals surface area contributed by atoms with Gasteiger partial charge in [0.15, 0.2) is 0 Å². The first-order valence-electron chi connectivity index (χ1n) is 6.44. The Hall–Kier alpha value is -2.33. The molecule has 0 aliphatic heterocycles. The first-order chi connectivity index (χ1) is 10.1. The molecule has 0 spiro atoms. The lowest BCUT2D eigenvalue weighted by Crippen LogP contribution is -2.00. The molecule has 0 bridgehead atoms. The lowest BCUT2D eigenvalue weighted by Gasteiger charge is -2.03. The summed E-state index contributed by atoms with van der Waals surface area (Å²) >= 11 is 5.78. The van der Waals surface area contributed by atoms with Gasteiger partial charge in [-0.2, -0.15) is 5.10 Å². The maximum absolute atomic E-state index is 13.1. The van der Waals surface area contributed by atoms with Crippen molar-refractivity contribution in [3.05, 3.63) is 71.3 Å². The van der Waals surface area contributed by atoms with Gasteiger partial charge < -0.3 is 5.73 Å². The lowest BCUT2D eigenvalue weighted by atomic mass is 10.1. The molecular formula is C16H13ClFN3. The van der Waals surface area contributed by atoms with Gasteiger partial charge in [-0.15, -0.1) is 0 Å². The number of hydrogen-bond donors (Lipinski definition) is 1. The molecule has 0 amide bonds. The van der Waals surface area contributed by atoms with Gasteiger partial charge in [0.2, 0.25) is 0 Å². The third-order valence-electron chi connectivity index (χ3n) is 3.21. The topological polar surface area (TPSA) is 43.8 Å². The van der Waals surface area contributed by atoms with Crippen LogP contribution in [0.4, 0.5) is 10.1 Å². The highest BCUT2D eigenvalue weighted by molar-refractivity contribution is 6.30. The van der Waals surface area contributed by atoms with Gasteiger partial charge in [0, 0.05) is 17.4 Å². The normalized spacial score (nSPS) is 10.8. The van der Waals surface area contributed by atoms with Crippen LogP contribution in [-0.2, 0) is 6.54 Å². The van der Waals surface area contributed by atoms with Gasteiger partial charge in [0.1, 0.15) is 5.82 Å². The zero-order valence-electron chi connectivity index (χ0n) is 11.1. The minimum atomic E-state index is -0.413. The molecule has 5 heteroatoms. The number of nitrogens with two attached hydrogens (primary N) is 1. The summed E-state index contributed by atoms with van der Waals surface area (Å²) in [6, 6.07) is 12.3. The summed E-state index contributed by atoms with van der Waals surface area (Å²) in [6.45, 7) is 0.537. The lowest BCUT2D eigenvalue weighted by molar-refractivity contribution is 0.625. The largest absolute Gasteiger partial charge is 0.399 e. The molecule has 106 valence electrons. The second-order valence-corrected chi connectivity index (χ2v) is 5.20. The first kappa shape index (κ1) is 13.6. The van der Waals surface area contributed by atoms with Crippen molar-refractivity contribution in [3.63, 3.8) is 0 Å². The summed E-state index contributed by atoms with van der Waals surface area (Å²) in [4.78, 5) is 0. The molecule has 0 radical (unpaired) electrons. The van der Waals surface area contributed by atoms with Crippen LogP contribution in [-0.4, -0.2) is 9.78 Å². The highest BCUT2D eigenvalue weighted by Gasteiger charge is 2.05. The smallest absolute Gasteiger partial charge is 0.141 e. The summed E-state index contributed by atoms with van der Waals surface area (Å²) in [5, 5.41) is 4.43. The van der Waals surface area contributed by atoms with Crippen LogP contribution in [0.3, 0.4) is 0 Å². The fourth-order valence-corrected chi connectivity index (χ4v) is 2.30. The average molecular weight is 302 g/mol. The second kappa shape index (κ2) is 5.58. The molecule has 1 heterocycles. The van der Waals surface area contributed by atoms with Crippen LogP contribution in [0.1, 0.15) is 5.56 Å². The fraction of sp³-hybridized carbons (Fsp3) is 0.0625. The van der Waals surface area contributed by atoms with Gasteiger partial charge in [-0.05, 0) is 35.4 Å². The molecule has 0 unspecified atom stereocenters. The van der Waals surface area contributed by atoms with Crippen LogP contribution in [0.25, 0.3) is 11.1 Å². The molecule has 2 aromatic carbocycles. The Bertz CT molecular complexity index is 765. The molecule has 1 aromatic heterocycles. The van der Waals surface area contributed by atoms with E-state index in [4.69, 9.17) is 17.3 Å². The molecule has 2 N–H and O–H groups in total. The van der Waals surface area contributed by atoms with E-state index in [1.54, 1.807) is 23.0 Å². The van der Waals surface area contributed by atoms with Crippen molar-refractivity contribution in [1.82, 2.24) is 9.78 Å². The Balaban J connectivity index is 1.81. The number of hydrogen-bond acceptors (Lipinski definition) is 2. The van der Waals surface area contributed by atoms with Gasteiger partial charge in [0.05, 0.1) is 17.8 Å². The van der Waals surface area contributed by atoms with Crippen LogP contribution >= 0.6 is 11.6 Å². The number of anilines is 1. The van der Waals surface area contributed by atoms with Crippen LogP contribution in [0.15, 0.2) is 54.9 Å². The Morgan fingerprint density at radius 2 is 1.86 bits per heavy atom. The minimum Gasteiger partial charge on any atom is -0.399 e. The summed E-state index contributed by atoms with van der Waals surface area (Å²) in [5.74, 6) is -0.413. The fourth-order valence-electron chi connectivity index (χ4n) is 2.10. The minimum absolute atomic E-state index is 0.124. The molecule has 3 aromatic rings. The van der Waals surface area contributed by atoms with Crippen LogP contribution in [0.5, 0.6) is 0 Å². The van der Waals surface area contributed by atoms with Crippen molar-refractivity contribution >= 4 is 17.3 Å². The van der Waals surface area contributed by atoms with Crippen molar-refractivity contribution in [3.8, 4) is 11.1 Å². The standard InChI is InChI=1S/C16H13ClFN3/c17-15-7-11(1-6-16(15)18)9-21-10-13(8-20-21)12-2-4-14(19)5-3-12/h1-8,10H,9,19H2. The second-order valence-electron chi connectivity index (χ2n) is 4.80. The van der Waals surface area contributed by atoms with Gasteiger partial charge >= 0.3 is 0 Å². The molecule has 0 atom stereocenters. The number of rotatable bonds is 3. The third kappa shape index (κ3) is 3.06. The SMILES string of the molecule is Nc1ccc(-c2cnn(Cc3ccc(F)c(Cl)c3)c2)cc1. The first-order valence-corrected chi connectivity index (χ1v) is 6.82. The number of aromatic nitrogens is 2. The summed E-state index contributed by atoms with van der Waals surface area (Å²) in [7, 11) is 0. The monoisotopic (exact) mass is 301 g/mol.